The second-order valence-corrected chi connectivity index (χ2v) is 0.473. The van der Waals surface area contributed by atoms with E-state index in [9.17, 15) is 4.79 Å². The SMILES string of the molecule is C#CC([NH])=O. The fraction of sp³-hybridized carbons (Fsp3) is 0. The Morgan fingerprint density at radius 1 is 2.00 bits per heavy atom. The van der Waals surface area contributed by atoms with Gasteiger partial charge in [0.05, 0.1) is 0 Å². The van der Waals surface area contributed by atoms with Crippen LogP contribution in [0.5, 0.6) is 0 Å². The molecule has 0 aliphatic heterocycles. The van der Waals surface area contributed by atoms with Crippen LogP contribution in [0.1, 0.15) is 0 Å². The zero-order valence-corrected chi connectivity index (χ0v) is 2.49. The second-order valence-electron chi connectivity index (χ2n) is 0.473. The molecule has 0 heterocycles. The average molecular weight is 68.1 g/mol. The molecule has 0 atom stereocenters. The van der Waals surface area contributed by atoms with Crippen LogP contribution < -0.4 is 5.73 Å². The molecule has 0 aromatic carbocycles. The lowest BCUT2D eigenvalue weighted by atomic mass is 10.7. The third-order valence-electron chi connectivity index (χ3n) is 0.131. The third kappa shape index (κ3) is 3.03. The van der Waals surface area contributed by atoms with Crippen molar-refractivity contribution in [1.29, 1.82) is 0 Å². The third-order valence-corrected chi connectivity index (χ3v) is 0.131. The molecule has 1 N–H and O–H groups in total. The summed E-state index contributed by atoms with van der Waals surface area (Å²) in [5.41, 5.74) is 5.95. The summed E-state index contributed by atoms with van der Waals surface area (Å²) < 4.78 is 0. The quantitative estimate of drug-likeness (QED) is 0.350. The van der Waals surface area contributed by atoms with Crippen LogP contribution >= 0.6 is 0 Å². The van der Waals surface area contributed by atoms with Gasteiger partial charge in [-0.2, -0.15) is 0 Å². The van der Waals surface area contributed by atoms with E-state index in [1.165, 1.54) is 0 Å². The summed E-state index contributed by atoms with van der Waals surface area (Å²) in [5, 5.41) is 0. The maximum Gasteiger partial charge on any atom is 0.314 e. The van der Waals surface area contributed by atoms with Gasteiger partial charge in [-0.15, -0.1) is 6.42 Å². The van der Waals surface area contributed by atoms with Crippen LogP contribution in [0, 0.1) is 12.3 Å². The fourth-order valence-electron chi connectivity index (χ4n) is 0. The van der Waals surface area contributed by atoms with Crippen molar-refractivity contribution in [2.45, 2.75) is 0 Å². The summed E-state index contributed by atoms with van der Waals surface area (Å²) in [6, 6.07) is 0. The molecular formula is C3H2NO. The smallest absolute Gasteiger partial charge is 0.258 e. The van der Waals surface area contributed by atoms with Gasteiger partial charge in [-0.3, -0.25) is 10.5 Å². The van der Waals surface area contributed by atoms with Crippen molar-refractivity contribution < 1.29 is 4.79 Å². The summed E-state index contributed by atoms with van der Waals surface area (Å²) in [6.07, 6.45) is 4.38. The molecule has 1 amide bonds. The zero-order chi connectivity index (χ0) is 4.28. The topological polar surface area (TPSA) is 40.9 Å². The summed E-state index contributed by atoms with van der Waals surface area (Å²) in [4.78, 5) is 9.24. The van der Waals surface area contributed by atoms with Crippen LogP contribution in [0.4, 0.5) is 0 Å². The van der Waals surface area contributed by atoms with Gasteiger partial charge in [0.2, 0.25) is 0 Å². The van der Waals surface area contributed by atoms with Gasteiger partial charge in [-0.05, 0) is 5.92 Å². The van der Waals surface area contributed by atoms with Crippen LogP contribution in [0.15, 0.2) is 0 Å². The molecule has 0 aromatic heterocycles. The maximum atomic E-state index is 9.24. The summed E-state index contributed by atoms with van der Waals surface area (Å²) in [5.74, 6) is 0.588. The largest absolute Gasteiger partial charge is 0.314 e. The van der Waals surface area contributed by atoms with E-state index in [-0.39, 0.29) is 0 Å². The normalized spacial score (nSPS) is 5.40. The maximum absolute atomic E-state index is 9.24. The molecule has 0 aromatic rings. The molecule has 0 spiro atoms. The molecule has 0 aliphatic rings. The van der Waals surface area contributed by atoms with Crippen LogP contribution in [-0.4, -0.2) is 5.91 Å². The van der Waals surface area contributed by atoms with Gasteiger partial charge in [0, 0.05) is 0 Å². The van der Waals surface area contributed by atoms with Gasteiger partial charge in [-0.1, -0.05) is 0 Å². The number of carbonyl (C=O) groups is 1. The van der Waals surface area contributed by atoms with Gasteiger partial charge >= 0.3 is 5.91 Å². The average Bonchev–Trinajstić information content (AvgIpc) is 1.38. The minimum Gasteiger partial charge on any atom is -0.258 e. The van der Waals surface area contributed by atoms with Crippen LogP contribution in [0.25, 0.3) is 0 Å². The van der Waals surface area contributed by atoms with E-state index in [0.29, 0.717) is 0 Å². The minimum atomic E-state index is -0.968. The Labute approximate surface area is 30.0 Å². The number of rotatable bonds is 0. The molecule has 0 aliphatic carbocycles. The first-order valence-corrected chi connectivity index (χ1v) is 0.993. The zero-order valence-electron chi connectivity index (χ0n) is 2.49. The van der Waals surface area contributed by atoms with E-state index in [2.05, 4.69) is 6.42 Å². The van der Waals surface area contributed by atoms with Crippen molar-refractivity contribution in [3.63, 3.8) is 0 Å². The first-order valence-electron chi connectivity index (χ1n) is 0.993. The van der Waals surface area contributed by atoms with Crippen LogP contribution in [-0.2, 0) is 4.79 Å². The Morgan fingerprint density at radius 3 is 2.20 bits per heavy atom. The Bertz CT molecular complexity index is 79.4. The molecule has 0 bridgehead atoms. The molecule has 1 radical (unpaired) electrons. The standard InChI is InChI=1S/C3H2NO/c1-2-3(4)5/h1,4H. The molecule has 0 fully saturated rings. The van der Waals surface area contributed by atoms with Gasteiger partial charge < -0.3 is 0 Å². The van der Waals surface area contributed by atoms with E-state index in [4.69, 9.17) is 5.73 Å². The predicted molar refractivity (Wildman–Crippen MR) is 16.9 cm³/mol. The highest BCUT2D eigenvalue weighted by Crippen LogP contribution is 1.42. The van der Waals surface area contributed by atoms with E-state index >= 15 is 0 Å². The first kappa shape index (κ1) is 4.03. The number of amides is 1. The molecule has 0 unspecified atom stereocenters. The predicted octanol–water partition coefficient (Wildman–Crippen LogP) is -0.571. The molecule has 25 valence electrons. The van der Waals surface area contributed by atoms with Gasteiger partial charge in [0.1, 0.15) is 0 Å². The fourth-order valence-corrected chi connectivity index (χ4v) is 0. The first-order chi connectivity index (χ1) is 2.27. The Kier molecular flexibility index (Phi) is 1.10. The van der Waals surface area contributed by atoms with E-state index in [1.807, 2.05) is 0 Å². The lowest BCUT2D eigenvalue weighted by Crippen LogP contribution is -1.87. The Balaban J connectivity index is 3.35. The summed E-state index contributed by atoms with van der Waals surface area (Å²) in [6.45, 7) is 0. The highest BCUT2D eigenvalue weighted by atomic mass is 16.1. The highest BCUT2D eigenvalue weighted by Gasteiger charge is 1.72. The number of carbonyl (C=O) groups excluding carboxylic acids is 1. The van der Waals surface area contributed by atoms with Crippen LogP contribution in [0.3, 0.4) is 0 Å². The minimum absolute atomic E-state index is 0.968. The number of hydrogen-bond acceptors (Lipinski definition) is 1. The lowest BCUT2D eigenvalue weighted by Gasteiger charge is -1.57. The van der Waals surface area contributed by atoms with E-state index < -0.39 is 5.91 Å². The van der Waals surface area contributed by atoms with Gasteiger partial charge in [-0.25, -0.2) is 0 Å². The van der Waals surface area contributed by atoms with Crippen molar-refractivity contribution in [2.75, 3.05) is 0 Å². The van der Waals surface area contributed by atoms with Gasteiger partial charge in [0.25, 0.3) is 0 Å². The van der Waals surface area contributed by atoms with Crippen molar-refractivity contribution in [3.8, 4) is 12.3 Å². The number of terminal acetylenes is 1. The van der Waals surface area contributed by atoms with E-state index in [0.717, 1.165) is 0 Å². The summed E-state index contributed by atoms with van der Waals surface area (Å²) in [7, 11) is 0. The molecule has 0 saturated carbocycles. The van der Waals surface area contributed by atoms with Crippen LogP contribution in [0.2, 0.25) is 0 Å². The Hall–Kier alpha value is -0.970. The Morgan fingerprint density at radius 2 is 2.20 bits per heavy atom. The second kappa shape index (κ2) is 1.36. The molecular weight excluding hydrogens is 66.0 g/mol. The van der Waals surface area contributed by atoms with Crippen molar-refractivity contribution >= 4 is 5.91 Å². The highest BCUT2D eigenvalue weighted by molar-refractivity contribution is 5.90. The number of hydrogen-bond donors (Lipinski definition) is 0. The molecule has 0 saturated heterocycles. The lowest BCUT2D eigenvalue weighted by molar-refractivity contribution is -0.113. The monoisotopic (exact) mass is 68.0 g/mol. The van der Waals surface area contributed by atoms with Crippen molar-refractivity contribution in [3.05, 3.63) is 0 Å². The van der Waals surface area contributed by atoms with E-state index in [1.54, 1.807) is 5.92 Å². The molecule has 5 heavy (non-hydrogen) atoms. The summed E-state index contributed by atoms with van der Waals surface area (Å²) >= 11 is 0. The van der Waals surface area contributed by atoms with Crippen molar-refractivity contribution in [2.24, 2.45) is 0 Å². The van der Waals surface area contributed by atoms with Gasteiger partial charge in [0.15, 0.2) is 0 Å². The molecule has 2 nitrogen and oxygen atoms in total. The molecule has 2 heteroatoms. The number of nitrogens with one attached hydrogen (secondary N) is 1. The van der Waals surface area contributed by atoms with Crippen molar-refractivity contribution in [1.82, 2.24) is 5.73 Å². The molecule has 0 rings (SSSR count).